The fraction of sp³-hybridized carbons (Fsp3) is 0.273. The number of hydrogen-bond acceptors (Lipinski definition) is 3. The van der Waals surface area contributed by atoms with E-state index in [9.17, 15) is 9.59 Å². The van der Waals surface area contributed by atoms with Gasteiger partial charge in [-0.15, -0.1) is 0 Å². The van der Waals surface area contributed by atoms with E-state index < -0.39 is 11.9 Å². The van der Waals surface area contributed by atoms with Gasteiger partial charge in [0.25, 0.3) is 0 Å². The first kappa shape index (κ1) is 10.5. The van der Waals surface area contributed by atoms with E-state index in [0.29, 0.717) is 5.75 Å². The fourth-order valence-corrected chi connectivity index (χ4v) is 1.37. The number of nitrogens with two attached hydrogens (primary N) is 1. The minimum absolute atomic E-state index is 0.0225. The summed E-state index contributed by atoms with van der Waals surface area (Å²) in [7, 11) is 0. The van der Waals surface area contributed by atoms with Gasteiger partial charge in [0.2, 0.25) is 5.91 Å². The molecule has 2 rings (SSSR count). The Morgan fingerprint density at radius 3 is 2.50 bits per heavy atom. The van der Waals surface area contributed by atoms with Gasteiger partial charge in [0.1, 0.15) is 5.75 Å². The van der Waals surface area contributed by atoms with Crippen molar-refractivity contribution in [1.29, 1.82) is 0 Å². The molecule has 1 fully saturated rings. The molecule has 0 radical (unpaired) electrons. The number of carboxylic acid groups (broad SMARTS) is 1. The van der Waals surface area contributed by atoms with Crippen molar-refractivity contribution in [2.45, 2.75) is 18.9 Å². The molecule has 1 amide bonds. The topological polar surface area (TPSA) is 89.6 Å². The summed E-state index contributed by atoms with van der Waals surface area (Å²) in [6.45, 7) is 0. The molecule has 0 atom stereocenters. The van der Waals surface area contributed by atoms with Crippen LogP contribution in [-0.4, -0.2) is 23.1 Å². The van der Waals surface area contributed by atoms with Crippen LogP contribution in [0.15, 0.2) is 18.2 Å². The highest BCUT2D eigenvalue weighted by Gasteiger charge is 2.24. The lowest BCUT2D eigenvalue weighted by Gasteiger charge is -2.07. The van der Waals surface area contributed by atoms with E-state index in [1.807, 2.05) is 0 Å². The highest BCUT2D eigenvalue weighted by Crippen LogP contribution is 2.28. The first-order valence-electron chi connectivity index (χ1n) is 4.91. The Balaban J connectivity index is 2.34. The standard InChI is InChI=1S/C11H11NO4/c12-10(13)9-5-7(16-6-1-2-6)3-4-8(9)11(14)15/h3-6H,1-2H2,(H2,12,13)(H,14,15). The van der Waals surface area contributed by atoms with Crippen LogP contribution in [0.2, 0.25) is 0 Å². The number of rotatable bonds is 4. The van der Waals surface area contributed by atoms with Gasteiger partial charge in [-0.05, 0) is 31.0 Å². The number of ether oxygens (including phenoxy) is 1. The normalized spacial score (nSPS) is 14.5. The van der Waals surface area contributed by atoms with Gasteiger partial charge in [-0.3, -0.25) is 4.79 Å². The largest absolute Gasteiger partial charge is 0.490 e. The molecule has 0 bridgehead atoms. The molecular formula is C11H11NO4. The zero-order valence-corrected chi connectivity index (χ0v) is 8.47. The molecule has 1 aliphatic rings. The highest BCUT2D eigenvalue weighted by molar-refractivity contribution is 6.04. The molecular weight excluding hydrogens is 210 g/mol. The van der Waals surface area contributed by atoms with Crippen molar-refractivity contribution in [3.05, 3.63) is 29.3 Å². The fourth-order valence-electron chi connectivity index (χ4n) is 1.37. The molecule has 1 aliphatic carbocycles. The van der Waals surface area contributed by atoms with Gasteiger partial charge in [-0.25, -0.2) is 4.79 Å². The van der Waals surface area contributed by atoms with Crippen LogP contribution in [0.1, 0.15) is 33.6 Å². The molecule has 0 saturated heterocycles. The molecule has 84 valence electrons. The first-order chi connectivity index (χ1) is 7.58. The lowest BCUT2D eigenvalue weighted by atomic mass is 10.1. The highest BCUT2D eigenvalue weighted by atomic mass is 16.5. The van der Waals surface area contributed by atoms with Gasteiger partial charge < -0.3 is 15.6 Å². The van der Waals surface area contributed by atoms with Gasteiger partial charge in [-0.1, -0.05) is 0 Å². The second kappa shape index (κ2) is 3.84. The van der Waals surface area contributed by atoms with Crippen LogP contribution >= 0.6 is 0 Å². The number of benzene rings is 1. The van der Waals surface area contributed by atoms with Crippen molar-refractivity contribution >= 4 is 11.9 Å². The SMILES string of the molecule is NC(=O)c1cc(OC2CC2)ccc1C(=O)O. The van der Waals surface area contributed by atoms with Crippen LogP contribution in [0, 0.1) is 0 Å². The van der Waals surface area contributed by atoms with Gasteiger partial charge in [0.05, 0.1) is 17.2 Å². The second-order valence-electron chi connectivity index (χ2n) is 3.69. The first-order valence-corrected chi connectivity index (χ1v) is 4.91. The second-order valence-corrected chi connectivity index (χ2v) is 3.69. The lowest BCUT2D eigenvalue weighted by molar-refractivity contribution is 0.0692. The van der Waals surface area contributed by atoms with E-state index in [1.54, 1.807) is 0 Å². The zero-order valence-electron chi connectivity index (χ0n) is 8.47. The summed E-state index contributed by atoms with van der Waals surface area (Å²) in [6, 6.07) is 4.25. The van der Waals surface area contributed by atoms with Crippen molar-refractivity contribution in [3.8, 4) is 5.75 Å². The molecule has 0 aromatic heterocycles. The maximum absolute atomic E-state index is 11.1. The number of carboxylic acids is 1. The quantitative estimate of drug-likeness (QED) is 0.794. The van der Waals surface area contributed by atoms with Crippen LogP contribution < -0.4 is 10.5 Å². The molecule has 1 saturated carbocycles. The number of aromatic carboxylic acids is 1. The van der Waals surface area contributed by atoms with E-state index in [0.717, 1.165) is 12.8 Å². The number of primary amides is 1. The van der Waals surface area contributed by atoms with Gasteiger partial charge in [-0.2, -0.15) is 0 Å². The predicted octanol–water partition coefficient (Wildman–Crippen LogP) is 1.02. The van der Waals surface area contributed by atoms with Gasteiger partial charge in [0, 0.05) is 0 Å². The minimum Gasteiger partial charge on any atom is -0.490 e. The molecule has 1 aromatic rings. The molecule has 0 unspecified atom stereocenters. The lowest BCUT2D eigenvalue weighted by Crippen LogP contribution is -2.16. The van der Waals surface area contributed by atoms with E-state index in [1.165, 1.54) is 18.2 Å². The number of amides is 1. The van der Waals surface area contributed by atoms with Gasteiger partial charge >= 0.3 is 5.97 Å². The summed E-state index contributed by atoms with van der Waals surface area (Å²) < 4.78 is 5.45. The van der Waals surface area contributed by atoms with Crippen LogP contribution in [0.4, 0.5) is 0 Å². The van der Waals surface area contributed by atoms with Crippen LogP contribution in [0.25, 0.3) is 0 Å². The Bertz CT molecular complexity index is 451. The predicted molar refractivity (Wildman–Crippen MR) is 55.6 cm³/mol. The molecule has 5 nitrogen and oxygen atoms in total. The number of hydrogen-bond donors (Lipinski definition) is 2. The Morgan fingerprint density at radius 2 is 2.00 bits per heavy atom. The average molecular weight is 221 g/mol. The van der Waals surface area contributed by atoms with E-state index in [4.69, 9.17) is 15.6 Å². The average Bonchev–Trinajstić information content (AvgIpc) is 3.01. The maximum Gasteiger partial charge on any atom is 0.336 e. The van der Waals surface area contributed by atoms with E-state index >= 15 is 0 Å². The van der Waals surface area contributed by atoms with Crippen LogP contribution in [-0.2, 0) is 0 Å². The number of carbonyl (C=O) groups excluding carboxylic acids is 1. The summed E-state index contributed by atoms with van der Waals surface area (Å²) in [4.78, 5) is 21.9. The molecule has 16 heavy (non-hydrogen) atoms. The Hall–Kier alpha value is -2.04. The van der Waals surface area contributed by atoms with Crippen LogP contribution in [0.3, 0.4) is 0 Å². The Kier molecular flexibility index (Phi) is 2.52. The molecule has 3 N–H and O–H groups in total. The molecule has 0 spiro atoms. The minimum atomic E-state index is -1.17. The van der Waals surface area contributed by atoms with Crippen molar-refractivity contribution in [2.24, 2.45) is 5.73 Å². The Morgan fingerprint density at radius 1 is 1.31 bits per heavy atom. The van der Waals surface area contributed by atoms with Crippen molar-refractivity contribution < 1.29 is 19.4 Å². The third-order valence-electron chi connectivity index (χ3n) is 2.31. The smallest absolute Gasteiger partial charge is 0.336 e. The summed E-state index contributed by atoms with van der Waals surface area (Å²) in [5.74, 6) is -1.45. The van der Waals surface area contributed by atoms with E-state index in [2.05, 4.69) is 0 Å². The molecule has 1 aromatic carbocycles. The van der Waals surface area contributed by atoms with Crippen molar-refractivity contribution in [2.75, 3.05) is 0 Å². The molecule has 0 aliphatic heterocycles. The van der Waals surface area contributed by atoms with Gasteiger partial charge in [0.15, 0.2) is 0 Å². The van der Waals surface area contributed by atoms with Crippen molar-refractivity contribution in [3.63, 3.8) is 0 Å². The van der Waals surface area contributed by atoms with Crippen molar-refractivity contribution in [1.82, 2.24) is 0 Å². The molecule has 0 heterocycles. The summed E-state index contributed by atoms with van der Waals surface area (Å²) in [6.07, 6.45) is 2.18. The van der Waals surface area contributed by atoms with E-state index in [-0.39, 0.29) is 17.2 Å². The third kappa shape index (κ3) is 2.13. The monoisotopic (exact) mass is 221 g/mol. The zero-order chi connectivity index (χ0) is 11.7. The summed E-state index contributed by atoms with van der Waals surface area (Å²) in [5, 5.41) is 8.85. The molecule has 5 heteroatoms. The van der Waals surface area contributed by atoms with Crippen LogP contribution in [0.5, 0.6) is 5.75 Å². The summed E-state index contributed by atoms with van der Waals surface area (Å²) in [5.41, 5.74) is 4.99. The third-order valence-corrected chi connectivity index (χ3v) is 2.31. The summed E-state index contributed by atoms with van der Waals surface area (Å²) >= 11 is 0. The Labute approximate surface area is 91.8 Å². The maximum atomic E-state index is 11.1. The number of carbonyl (C=O) groups is 2.